The third-order valence-corrected chi connectivity index (χ3v) is 2.39. The molecule has 0 amide bonds. The predicted octanol–water partition coefficient (Wildman–Crippen LogP) is 2.72. The summed E-state index contributed by atoms with van der Waals surface area (Å²) >= 11 is 5.42. The highest BCUT2D eigenvalue weighted by Crippen LogP contribution is 2.28. The van der Waals surface area contributed by atoms with Crippen LogP contribution in [-0.4, -0.2) is 19.8 Å². The fourth-order valence-corrected chi connectivity index (χ4v) is 1.58. The molecule has 0 fully saturated rings. The lowest BCUT2D eigenvalue weighted by molar-refractivity contribution is 0.326. The molecule has 4 heteroatoms. The molecule has 0 aliphatic carbocycles. The lowest BCUT2D eigenvalue weighted by Gasteiger charge is -2.12. The van der Waals surface area contributed by atoms with Gasteiger partial charge in [-0.1, -0.05) is 17.7 Å². The summed E-state index contributed by atoms with van der Waals surface area (Å²) in [7, 11) is 1.62. The molecule has 0 aromatic heterocycles. The van der Waals surface area contributed by atoms with Gasteiger partial charge in [0.05, 0.1) is 7.11 Å². The highest BCUT2D eigenvalue weighted by atomic mass is 35.5. The Bertz CT molecular complexity index is 378. The van der Waals surface area contributed by atoms with Crippen LogP contribution < -0.4 is 15.2 Å². The Balaban J connectivity index is 2.77. The van der Waals surface area contributed by atoms with Gasteiger partial charge in [-0.15, -0.1) is 0 Å². The van der Waals surface area contributed by atoms with Gasteiger partial charge in [0, 0.05) is 11.6 Å². The molecule has 94 valence electrons. The molecular weight excluding hydrogens is 238 g/mol. The number of benzene rings is 1. The molecule has 1 atom stereocenters. The van der Waals surface area contributed by atoms with Gasteiger partial charge in [0.15, 0.2) is 11.5 Å². The van der Waals surface area contributed by atoms with Crippen molar-refractivity contribution in [3.8, 4) is 11.5 Å². The van der Waals surface area contributed by atoms with Crippen molar-refractivity contribution in [2.45, 2.75) is 19.4 Å². The van der Waals surface area contributed by atoms with Crippen LogP contribution >= 0.6 is 11.6 Å². The van der Waals surface area contributed by atoms with Crippen molar-refractivity contribution in [1.82, 2.24) is 0 Å². The molecule has 0 aliphatic heterocycles. The van der Waals surface area contributed by atoms with E-state index in [0.717, 1.165) is 12.0 Å². The Morgan fingerprint density at radius 2 is 2.18 bits per heavy atom. The fourth-order valence-electron chi connectivity index (χ4n) is 1.50. The molecule has 0 radical (unpaired) electrons. The molecule has 17 heavy (non-hydrogen) atoms. The molecule has 0 saturated heterocycles. The first-order valence-electron chi connectivity index (χ1n) is 5.48. The minimum atomic E-state index is 0.130. The third-order valence-electron chi connectivity index (χ3n) is 2.21. The maximum absolute atomic E-state index is 5.76. The van der Waals surface area contributed by atoms with Gasteiger partial charge >= 0.3 is 0 Å². The Hall–Kier alpha value is -1.19. The summed E-state index contributed by atoms with van der Waals surface area (Å²) in [6.07, 6.45) is 2.54. The van der Waals surface area contributed by atoms with Crippen LogP contribution in [0.4, 0.5) is 0 Å². The molecule has 0 saturated carbocycles. The number of ether oxygens (including phenoxy) is 2. The normalized spacial score (nSPS) is 12.7. The van der Waals surface area contributed by atoms with Crippen molar-refractivity contribution in [2.75, 3.05) is 13.7 Å². The van der Waals surface area contributed by atoms with E-state index < -0.39 is 0 Å². The van der Waals surface area contributed by atoms with Crippen molar-refractivity contribution in [1.29, 1.82) is 0 Å². The topological polar surface area (TPSA) is 44.5 Å². The van der Waals surface area contributed by atoms with Gasteiger partial charge in [0.2, 0.25) is 0 Å². The fraction of sp³-hybridized carbons (Fsp3) is 0.385. The second-order valence-corrected chi connectivity index (χ2v) is 4.09. The van der Waals surface area contributed by atoms with Crippen LogP contribution in [-0.2, 0) is 6.42 Å². The molecule has 3 nitrogen and oxygen atoms in total. The minimum absolute atomic E-state index is 0.130. The molecule has 0 spiro atoms. The average molecular weight is 256 g/mol. The molecule has 1 aromatic carbocycles. The Kier molecular flexibility index (Phi) is 5.87. The first-order valence-corrected chi connectivity index (χ1v) is 5.91. The zero-order chi connectivity index (χ0) is 12.7. The van der Waals surface area contributed by atoms with Crippen LogP contribution in [0, 0.1) is 0 Å². The molecule has 1 unspecified atom stereocenters. The quantitative estimate of drug-likeness (QED) is 0.850. The van der Waals surface area contributed by atoms with E-state index in [2.05, 4.69) is 0 Å². The van der Waals surface area contributed by atoms with Gasteiger partial charge in [-0.05, 0) is 37.1 Å². The lowest BCUT2D eigenvalue weighted by Crippen LogP contribution is -2.17. The number of rotatable bonds is 6. The van der Waals surface area contributed by atoms with Crippen LogP contribution in [0.3, 0.4) is 0 Å². The van der Waals surface area contributed by atoms with Crippen LogP contribution in [0.25, 0.3) is 0 Å². The van der Waals surface area contributed by atoms with Gasteiger partial charge in [0.25, 0.3) is 0 Å². The van der Waals surface area contributed by atoms with E-state index in [9.17, 15) is 0 Å². The van der Waals surface area contributed by atoms with E-state index in [1.807, 2.05) is 25.1 Å². The molecule has 0 aliphatic rings. The van der Waals surface area contributed by atoms with Crippen LogP contribution in [0.5, 0.6) is 11.5 Å². The molecule has 2 N–H and O–H groups in total. The van der Waals surface area contributed by atoms with Crippen molar-refractivity contribution in [3.63, 3.8) is 0 Å². The molecule has 1 rings (SSSR count). The lowest BCUT2D eigenvalue weighted by atomic mass is 10.1. The second-order valence-electron chi connectivity index (χ2n) is 3.84. The van der Waals surface area contributed by atoms with Crippen LogP contribution in [0.1, 0.15) is 12.5 Å². The monoisotopic (exact) mass is 255 g/mol. The predicted molar refractivity (Wildman–Crippen MR) is 70.8 cm³/mol. The number of halogens is 1. The summed E-state index contributed by atoms with van der Waals surface area (Å²) in [6, 6.07) is 5.96. The van der Waals surface area contributed by atoms with E-state index >= 15 is 0 Å². The Morgan fingerprint density at radius 1 is 1.41 bits per heavy atom. The largest absolute Gasteiger partial charge is 0.493 e. The third kappa shape index (κ3) is 4.67. The van der Waals surface area contributed by atoms with Crippen molar-refractivity contribution < 1.29 is 9.47 Å². The summed E-state index contributed by atoms with van der Waals surface area (Å²) in [5.41, 5.74) is 8.32. The first-order chi connectivity index (χ1) is 8.17. The van der Waals surface area contributed by atoms with Gasteiger partial charge in [0.1, 0.15) is 6.61 Å². The zero-order valence-electron chi connectivity index (χ0n) is 10.2. The zero-order valence-corrected chi connectivity index (χ0v) is 10.9. The highest BCUT2D eigenvalue weighted by molar-refractivity contribution is 6.25. The van der Waals surface area contributed by atoms with Gasteiger partial charge in [-0.3, -0.25) is 0 Å². The van der Waals surface area contributed by atoms with Crippen molar-refractivity contribution in [3.05, 3.63) is 35.4 Å². The maximum Gasteiger partial charge on any atom is 0.161 e. The first kappa shape index (κ1) is 13.9. The van der Waals surface area contributed by atoms with E-state index in [1.165, 1.54) is 5.54 Å². The summed E-state index contributed by atoms with van der Waals surface area (Å²) in [5, 5.41) is 0. The molecule has 1 aromatic rings. The van der Waals surface area contributed by atoms with Gasteiger partial charge in [-0.25, -0.2) is 0 Å². The van der Waals surface area contributed by atoms with E-state index in [-0.39, 0.29) is 6.04 Å². The molecule has 0 heterocycles. The van der Waals surface area contributed by atoms with Crippen LogP contribution in [0.2, 0.25) is 0 Å². The smallest absolute Gasteiger partial charge is 0.161 e. The Labute approximate surface area is 107 Å². The number of hydrogen-bond acceptors (Lipinski definition) is 3. The summed E-state index contributed by atoms with van der Waals surface area (Å²) in [4.78, 5) is 0. The standard InChI is InChI=1S/C13H18ClNO2/c1-10(15)8-11-4-5-12(13(9-11)16-2)17-7-3-6-14/h3-6,9-10H,7-8,15H2,1-2H3/b6-3+. The number of hydrogen-bond donors (Lipinski definition) is 1. The molecule has 0 bridgehead atoms. The Morgan fingerprint density at radius 3 is 2.76 bits per heavy atom. The summed E-state index contributed by atoms with van der Waals surface area (Å²) < 4.78 is 10.8. The van der Waals surface area contributed by atoms with Crippen molar-refractivity contribution >= 4 is 11.6 Å². The van der Waals surface area contributed by atoms with Gasteiger partial charge < -0.3 is 15.2 Å². The number of methoxy groups -OCH3 is 1. The highest BCUT2D eigenvalue weighted by Gasteiger charge is 2.06. The SMILES string of the molecule is COc1cc(CC(C)N)ccc1OC/C=C/Cl. The second kappa shape index (κ2) is 7.20. The molecular formula is C13H18ClNO2. The number of nitrogens with two attached hydrogens (primary N) is 1. The summed E-state index contributed by atoms with van der Waals surface area (Å²) in [6.45, 7) is 2.40. The van der Waals surface area contributed by atoms with E-state index in [4.69, 9.17) is 26.8 Å². The average Bonchev–Trinajstić information content (AvgIpc) is 2.30. The summed E-state index contributed by atoms with van der Waals surface area (Å²) in [5.74, 6) is 1.42. The van der Waals surface area contributed by atoms with E-state index in [0.29, 0.717) is 18.1 Å². The van der Waals surface area contributed by atoms with E-state index in [1.54, 1.807) is 13.2 Å². The van der Waals surface area contributed by atoms with Gasteiger partial charge in [-0.2, -0.15) is 0 Å². The maximum atomic E-state index is 5.76. The van der Waals surface area contributed by atoms with Crippen molar-refractivity contribution in [2.24, 2.45) is 5.73 Å². The minimum Gasteiger partial charge on any atom is -0.493 e. The van der Waals surface area contributed by atoms with Crippen LogP contribution in [0.15, 0.2) is 29.8 Å².